The van der Waals surface area contributed by atoms with Crippen LogP contribution in [0.1, 0.15) is 68.7 Å². The van der Waals surface area contributed by atoms with Gasteiger partial charge in [0.15, 0.2) is 9.84 Å². The first kappa shape index (κ1) is 23.9. The molecule has 0 bridgehead atoms. The number of nitrogens with one attached hydrogen (secondary N) is 1. The zero-order valence-electron chi connectivity index (χ0n) is 19.9. The molecule has 4 rings (SSSR count). The molecule has 1 aromatic carbocycles. The molecular weight excluding hydrogens is 434 g/mol. The van der Waals surface area contributed by atoms with Gasteiger partial charge in [0.05, 0.1) is 22.0 Å². The SMILES string of the molecule is Cc1ncc(NC(=O)C2CCC2)cc1C1CCN(Cc2ccc(S(=O)(=O)C(C)C)cc2)CC1. The number of nitrogens with zero attached hydrogens (tertiary/aromatic N) is 2. The molecule has 2 aliphatic rings. The fourth-order valence-electron chi connectivity index (χ4n) is 4.66. The van der Waals surface area contributed by atoms with E-state index in [1.54, 1.807) is 32.2 Å². The monoisotopic (exact) mass is 469 g/mol. The van der Waals surface area contributed by atoms with E-state index in [2.05, 4.69) is 21.3 Å². The predicted molar refractivity (Wildman–Crippen MR) is 131 cm³/mol. The number of amides is 1. The van der Waals surface area contributed by atoms with Crippen molar-refractivity contribution in [2.45, 2.75) is 75.5 Å². The van der Waals surface area contributed by atoms with Crippen molar-refractivity contribution in [3.8, 4) is 0 Å². The molecule has 0 spiro atoms. The summed E-state index contributed by atoms with van der Waals surface area (Å²) in [7, 11) is -3.23. The van der Waals surface area contributed by atoms with Crippen molar-refractivity contribution in [1.82, 2.24) is 9.88 Å². The van der Waals surface area contributed by atoms with Gasteiger partial charge in [-0.2, -0.15) is 0 Å². The Morgan fingerprint density at radius 2 is 1.79 bits per heavy atom. The first-order chi connectivity index (χ1) is 15.7. The van der Waals surface area contributed by atoms with Crippen molar-refractivity contribution < 1.29 is 13.2 Å². The number of hydrogen-bond acceptors (Lipinski definition) is 5. The number of likely N-dealkylation sites (tertiary alicyclic amines) is 1. The van der Waals surface area contributed by atoms with Gasteiger partial charge in [-0.25, -0.2) is 8.42 Å². The summed E-state index contributed by atoms with van der Waals surface area (Å²) < 4.78 is 24.7. The molecule has 1 amide bonds. The van der Waals surface area contributed by atoms with E-state index in [1.807, 2.05) is 19.1 Å². The van der Waals surface area contributed by atoms with Crippen LogP contribution in [0.3, 0.4) is 0 Å². The van der Waals surface area contributed by atoms with Crippen LogP contribution in [0.5, 0.6) is 0 Å². The maximum Gasteiger partial charge on any atom is 0.227 e. The van der Waals surface area contributed by atoms with Gasteiger partial charge in [0.25, 0.3) is 0 Å². The molecule has 1 aliphatic heterocycles. The van der Waals surface area contributed by atoms with Crippen molar-refractivity contribution >= 4 is 21.4 Å². The number of carbonyl (C=O) groups excluding carboxylic acids is 1. The van der Waals surface area contributed by atoms with Crippen LogP contribution in [0, 0.1) is 12.8 Å². The van der Waals surface area contributed by atoms with E-state index >= 15 is 0 Å². The van der Waals surface area contributed by atoms with E-state index in [0.717, 1.165) is 68.7 Å². The third kappa shape index (κ3) is 5.46. The number of benzene rings is 1. The standard InChI is InChI=1S/C26H35N3O3S/c1-18(2)33(31,32)24-9-7-20(8-10-24)17-29-13-11-21(12-14-29)25-15-23(16-27-19(25)3)28-26(30)22-5-4-6-22/h7-10,15-16,18,21-22H,4-6,11-14,17H2,1-3H3,(H,28,30). The lowest BCUT2D eigenvalue weighted by Crippen LogP contribution is -2.32. The largest absolute Gasteiger partial charge is 0.324 e. The molecule has 0 atom stereocenters. The van der Waals surface area contributed by atoms with Crippen molar-refractivity contribution in [3.63, 3.8) is 0 Å². The Bertz CT molecular complexity index is 1080. The first-order valence-electron chi connectivity index (χ1n) is 12.1. The summed E-state index contributed by atoms with van der Waals surface area (Å²) in [5, 5.41) is 2.65. The molecule has 2 aromatic rings. The van der Waals surface area contributed by atoms with Crippen LogP contribution in [0.4, 0.5) is 5.69 Å². The zero-order valence-corrected chi connectivity index (χ0v) is 20.7. The third-order valence-corrected chi connectivity index (χ3v) is 9.35. The Morgan fingerprint density at radius 3 is 2.36 bits per heavy atom. The molecule has 0 unspecified atom stereocenters. The molecule has 0 radical (unpaired) electrons. The van der Waals surface area contributed by atoms with Crippen LogP contribution in [0.2, 0.25) is 0 Å². The van der Waals surface area contributed by atoms with Crippen molar-refractivity contribution in [1.29, 1.82) is 0 Å². The summed E-state index contributed by atoms with van der Waals surface area (Å²) in [6.45, 7) is 8.25. The van der Waals surface area contributed by atoms with E-state index in [4.69, 9.17) is 0 Å². The second-order valence-corrected chi connectivity index (χ2v) is 12.3. The van der Waals surface area contributed by atoms with Gasteiger partial charge >= 0.3 is 0 Å². The highest BCUT2D eigenvalue weighted by molar-refractivity contribution is 7.92. The molecule has 1 N–H and O–H groups in total. The van der Waals surface area contributed by atoms with E-state index in [1.165, 1.54) is 5.56 Å². The Balaban J connectivity index is 1.34. The minimum absolute atomic E-state index is 0.125. The van der Waals surface area contributed by atoms with Crippen molar-refractivity contribution in [3.05, 3.63) is 53.3 Å². The summed E-state index contributed by atoms with van der Waals surface area (Å²) in [5.41, 5.74) is 4.22. The van der Waals surface area contributed by atoms with Crippen LogP contribution in [0.25, 0.3) is 0 Å². The molecule has 7 heteroatoms. The molecule has 1 saturated heterocycles. The molecule has 2 fully saturated rings. The summed E-state index contributed by atoms with van der Waals surface area (Å²) in [4.78, 5) is 19.7. The number of aromatic nitrogens is 1. The summed E-state index contributed by atoms with van der Waals surface area (Å²) in [6, 6.07) is 9.45. The number of hydrogen-bond donors (Lipinski definition) is 1. The summed E-state index contributed by atoms with van der Waals surface area (Å²) in [5.74, 6) is 0.727. The predicted octanol–water partition coefficient (Wildman–Crippen LogP) is 4.69. The number of sulfone groups is 1. The quantitative estimate of drug-likeness (QED) is 0.636. The smallest absolute Gasteiger partial charge is 0.227 e. The molecule has 6 nitrogen and oxygen atoms in total. The molecule has 1 saturated carbocycles. The number of rotatable bonds is 7. The summed E-state index contributed by atoms with van der Waals surface area (Å²) in [6.07, 6.45) is 6.99. The van der Waals surface area contributed by atoms with Gasteiger partial charge in [-0.1, -0.05) is 18.6 Å². The van der Waals surface area contributed by atoms with Gasteiger partial charge < -0.3 is 5.32 Å². The molecule has 178 valence electrons. The molecule has 1 aliphatic carbocycles. The van der Waals surface area contributed by atoms with Crippen LogP contribution in [-0.4, -0.2) is 42.5 Å². The van der Waals surface area contributed by atoms with Crippen LogP contribution >= 0.6 is 0 Å². The van der Waals surface area contributed by atoms with Gasteiger partial charge in [0.1, 0.15) is 0 Å². The molecule has 1 aromatic heterocycles. The zero-order chi connectivity index (χ0) is 23.6. The number of aryl methyl sites for hydroxylation is 1. The number of pyridine rings is 1. The fraction of sp³-hybridized carbons (Fsp3) is 0.538. The van der Waals surface area contributed by atoms with Crippen LogP contribution in [0.15, 0.2) is 41.4 Å². The Kier molecular flexibility index (Phi) is 7.19. The van der Waals surface area contributed by atoms with Crippen molar-refractivity contribution in [2.75, 3.05) is 18.4 Å². The summed E-state index contributed by atoms with van der Waals surface area (Å²) >= 11 is 0. The van der Waals surface area contributed by atoms with Gasteiger partial charge in [-0.05, 0) is 94.8 Å². The highest BCUT2D eigenvalue weighted by Crippen LogP contribution is 2.33. The van der Waals surface area contributed by atoms with Gasteiger partial charge in [0.2, 0.25) is 5.91 Å². The lowest BCUT2D eigenvalue weighted by molar-refractivity contribution is -0.122. The third-order valence-electron chi connectivity index (χ3n) is 7.18. The average molecular weight is 470 g/mol. The van der Waals surface area contributed by atoms with Gasteiger partial charge in [0, 0.05) is 18.2 Å². The minimum atomic E-state index is -3.23. The second-order valence-electron chi connectivity index (χ2n) is 9.80. The van der Waals surface area contributed by atoms with Crippen LogP contribution < -0.4 is 5.32 Å². The maximum absolute atomic E-state index is 12.3. The van der Waals surface area contributed by atoms with Gasteiger partial charge in [-0.3, -0.25) is 14.7 Å². The Morgan fingerprint density at radius 1 is 1.12 bits per heavy atom. The number of carbonyl (C=O) groups is 1. The number of anilines is 1. The lowest BCUT2D eigenvalue weighted by Gasteiger charge is -2.33. The molecular formula is C26H35N3O3S. The Labute approximate surface area is 197 Å². The second kappa shape index (κ2) is 9.94. The van der Waals surface area contributed by atoms with Crippen LogP contribution in [-0.2, 0) is 21.2 Å². The average Bonchev–Trinajstić information content (AvgIpc) is 2.75. The lowest BCUT2D eigenvalue weighted by atomic mass is 9.84. The molecule has 33 heavy (non-hydrogen) atoms. The Hall–Kier alpha value is -2.25. The highest BCUT2D eigenvalue weighted by atomic mass is 32.2. The normalized spacial score (nSPS) is 18.3. The first-order valence-corrected chi connectivity index (χ1v) is 13.6. The highest BCUT2D eigenvalue weighted by Gasteiger charge is 2.26. The van der Waals surface area contributed by atoms with Crippen molar-refractivity contribution in [2.24, 2.45) is 5.92 Å². The maximum atomic E-state index is 12.3. The molecule has 2 heterocycles. The van der Waals surface area contributed by atoms with Gasteiger partial charge in [-0.15, -0.1) is 0 Å². The van der Waals surface area contributed by atoms with E-state index in [9.17, 15) is 13.2 Å². The topological polar surface area (TPSA) is 79.4 Å². The minimum Gasteiger partial charge on any atom is -0.324 e. The van der Waals surface area contributed by atoms with E-state index in [-0.39, 0.29) is 11.8 Å². The number of piperidine rings is 1. The van der Waals surface area contributed by atoms with E-state index in [0.29, 0.717) is 10.8 Å². The fourth-order valence-corrected chi connectivity index (χ4v) is 5.72. The van der Waals surface area contributed by atoms with E-state index < -0.39 is 15.1 Å².